The van der Waals surface area contributed by atoms with Gasteiger partial charge in [0.25, 0.3) is 20.0 Å². The van der Waals surface area contributed by atoms with Crippen molar-refractivity contribution in [1.29, 1.82) is 0 Å². The molecule has 0 aliphatic heterocycles. The molecule has 0 bridgehead atoms. The number of carbonyl (C=O) groups excluding carboxylic acids is 2. The zero-order chi connectivity index (χ0) is 31.2. The summed E-state index contributed by atoms with van der Waals surface area (Å²) in [5.41, 5.74) is -1.07. The molecule has 0 aromatic heterocycles. The standard InChI is InChI=1S/C21H13F8NO8S2/c1-6(2)20(31)37-16-8(22)12(26)18(13(27)9(16)23)39(33,34)30(5)40(35,36)19-14(28)10(24)17(11(25)15(19)29)38-21(32)7(3)4/h1,3H2,2,4-5H3. The summed E-state index contributed by atoms with van der Waals surface area (Å²) in [7, 11) is -13.0. The van der Waals surface area contributed by atoms with Crippen molar-refractivity contribution < 1.29 is 71.0 Å². The molecular formula is C21H13F8NO8S2. The van der Waals surface area contributed by atoms with E-state index in [-0.39, 0.29) is 7.05 Å². The van der Waals surface area contributed by atoms with Crippen LogP contribution in [-0.2, 0) is 29.6 Å². The average Bonchev–Trinajstić information content (AvgIpc) is 2.85. The number of carbonyl (C=O) groups is 2. The lowest BCUT2D eigenvalue weighted by molar-refractivity contribution is -0.131. The van der Waals surface area contributed by atoms with E-state index >= 15 is 0 Å². The molecule has 40 heavy (non-hydrogen) atoms. The molecule has 0 aliphatic rings. The maximum Gasteiger partial charge on any atom is 0.338 e. The number of hydrogen-bond acceptors (Lipinski definition) is 8. The van der Waals surface area contributed by atoms with Gasteiger partial charge in [-0.2, -0.15) is 17.6 Å². The van der Waals surface area contributed by atoms with Crippen molar-refractivity contribution in [2.75, 3.05) is 7.05 Å². The molecular weight excluding hydrogens is 610 g/mol. The van der Waals surface area contributed by atoms with Crippen molar-refractivity contribution in [2.45, 2.75) is 23.6 Å². The van der Waals surface area contributed by atoms with Crippen molar-refractivity contribution in [1.82, 2.24) is 3.71 Å². The Morgan fingerprint density at radius 3 is 1.00 bits per heavy atom. The Hall–Kier alpha value is -3.84. The van der Waals surface area contributed by atoms with Crippen LogP contribution < -0.4 is 9.47 Å². The molecule has 2 aromatic carbocycles. The Kier molecular flexibility index (Phi) is 8.88. The first-order chi connectivity index (χ1) is 18.1. The van der Waals surface area contributed by atoms with Gasteiger partial charge in [-0.25, -0.2) is 44.0 Å². The van der Waals surface area contributed by atoms with Crippen molar-refractivity contribution >= 4 is 32.0 Å². The predicted octanol–water partition coefficient (Wildman–Crippen LogP) is 3.77. The molecule has 0 saturated heterocycles. The van der Waals surface area contributed by atoms with E-state index in [1.807, 2.05) is 0 Å². The molecule has 0 unspecified atom stereocenters. The number of esters is 2. The summed E-state index contributed by atoms with van der Waals surface area (Å²) in [6.45, 7) is 7.95. The number of nitrogens with zero attached hydrogens (tertiary/aromatic N) is 1. The third-order valence-electron chi connectivity index (χ3n) is 4.64. The van der Waals surface area contributed by atoms with Crippen molar-refractivity contribution in [3.8, 4) is 11.5 Å². The zero-order valence-corrected chi connectivity index (χ0v) is 21.6. The maximum atomic E-state index is 14.6. The van der Waals surface area contributed by atoms with Crippen LogP contribution in [0, 0.1) is 46.5 Å². The lowest BCUT2D eigenvalue weighted by atomic mass is 10.3. The molecule has 2 aromatic rings. The predicted molar refractivity (Wildman–Crippen MR) is 116 cm³/mol. The second-order valence-electron chi connectivity index (χ2n) is 7.56. The summed E-state index contributed by atoms with van der Waals surface area (Å²) in [4.78, 5) is 17.5. The highest BCUT2D eigenvalue weighted by molar-refractivity contribution is 8.04. The molecule has 218 valence electrons. The molecule has 0 heterocycles. The van der Waals surface area contributed by atoms with Gasteiger partial charge in [-0.15, -0.1) is 0 Å². The number of hydrogen-bond donors (Lipinski definition) is 0. The minimum absolute atomic E-state index is 0.169. The number of rotatable bonds is 8. The minimum Gasteiger partial charge on any atom is -0.417 e. The van der Waals surface area contributed by atoms with E-state index in [2.05, 4.69) is 22.6 Å². The van der Waals surface area contributed by atoms with Crippen LogP contribution in [0.5, 0.6) is 11.5 Å². The molecule has 0 aliphatic carbocycles. The van der Waals surface area contributed by atoms with E-state index in [0.717, 1.165) is 13.8 Å². The second-order valence-corrected chi connectivity index (χ2v) is 11.6. The zero-order valence-electron chi connectivity index (χ0n) is 20.0. The molecule has 19 heteroatoms. The number of ether oxygens (including phenoxy) is 2. The highest BCUT2D eigenvalue weighted by Crippen LogP contribution is 2.38. The number of halogens is 8. The van der Waals surface area contributed by atoms with Crippen LogP contribution in [0.25, 0.3) is 0 Å². The van der Waals surface area contributed by atoms with Crippen molar-refractivity contribution in [3.63, 3.8) is 0 Å². The molecule has 0 spiro atoms. The van der Waals surface area contributed by atoms with Gasteiger partial charge in [0, 0.05) is 18.2 Å². The lowest BCUT2D eigenvalue weighted by Crippen LogP contribution is -2.36. The van der Waals surface area contributed by atoms with Gasteiger partial charge in [-0.3, -0.25) is 0 Å². The van der Waals surface area contributed by atoms with Crippen LogP contribution in [0.15, 0.2) is 34.1 Å². The van der Waals surface area contributed by atoms with E-state index in [1.165, 1.54) is 0 Å². The fourth-order valence-corrected chi connectivity index (χ4v) is 5.82. The number of benzene rings is 2. The first-order valence-electron chi connectivity index (χ1n) is 9.83. The fraction of sp³-hybridized carbons (Fsp3) is 0.143. The molecule has 0 N–H and O–H groups in total. The van der Waals surface area contributed by atoms with Crippen LogP contribution in [0.1, 0.15) is 13.8 Å². The Balaban J connectivity index is 2.79. The van der Waals surface area contributed by atoms with Gasteiger partial charge in [-0.05, 0) is 13.8 Å². The van der Waals surface area contributed by atoms with E-state index in [4.69, 9.17) is 0 Å². The first-order valence-corrected chi connectivity index (χ1v) is 12.7. The fourth-order valence-electron chi connectivity index (χ4n) is 2.56. The number of sulfonamides is 2. The van der Waals surface area contributed by atoms with Crippen molar-refractivity contribution in [3.05, 3.63) is 70.8 Å². The summed E-state index contributed by atoms with van der Waals surface area (Å²) in [5, 5.41) is 0. The molecule has 0 fully saturated rings. The average molecular weight is 623 g/mol. The van der Waals surface area contributed by atoms with Gasteiger partial charge >= 0.3 is 11.9 Å². The highest BCUT2D eigenvalue weighted by atomic mass is 32.3. The molecule has 0 saturated carbocycles. The second kappa shape index (κ2) is 11.0. The monoisotopic (exact) mass is 623 g/mol. The summed E-state index contributed by atoms with van der Waals surface area (Å²) in [5.74, 6) is -29.6. The third-order valence-corrected chi connectivity index (χ3v) is 8.93. The van der Waals surface area contributed by atoms with Crippen LogP contribution in [0.3, 0.4) is 0 Å². The largest absolute Gasteiger partial charge is 0.417 e. The molecule has 0 amide bonds. The smallest absolute Gasteiger partial charge is 0.338 e. The molecule has 0 radical (unpaired) electrons. The van der Waals surface area contributed by atoms with Crippen LogP contribution >= 0.6 is 0 Å². The topological polar surface area (TPSA) is 124 Å². The first kappa shape index (κ1) is 32.4. The Morgan fingerprint density at radius 2 is 0.800 bits per heavy atom. The Bertz CT molecular complexity index is 1540. The summed E-state index contributed by atoms with van der Waals surface area (Å²) >= 11 is 0. The van der Waals surface area contributed by atoms with E-state index in [9.17, 15) is 61.5 Å². The van der Waals surface area contributed by atoms with Crippen LogP contribution in [0.4, 0.5) is 35.1 Å². The normalized spacial score (nSPS) is 11.9. The molecule has 2 rings (SSSR count). The van der Waals surface area contributed by atoms with Gasteiger partial charge in [-0.1, -0.05) is 16.9 Å². The van der Waals surface area contributed by atoms with E-state index in [1.54, 1.807) is 0 Å². The lowest BCUT2D eigenvalue weighted by Gasteiger charge is -2.20. The van der Waals surface area contributed by atoms with Gasteiger partial charge < -0.3 is 9.47 Å². The Labute approximate surface area is 220 Å². The molecule has 0 atom stereocenters. The third kappa shape index (κ3) is 5.30. The van der Waals surface area contributed by atoms with Gasteiger partial charge in [0.2, 0.25) is 34.8 Å². The quantitative estimate of drug-likeness (QED) is 0.143. The van der Waals surface area contributed by atoms with E-state index < -0.39 is 115 Å². The SMILES string of the molecule is C=C(C)C(=O)Oc1c(F)c(F)c(S(=O)(=O)N(C)S(=O)(=O)c2c(F)c(F)c(OC(=O)C(=C)C)c(F)c2F)c(F)c1F. The highest BCUT2D eigenvalue weighted by Gasteiger charge is 2.45. The molecule has 9 nitrogen and oxygen atoms in total. The summed E-state index contributed by atoms with van der Waals surface area (Å²) < 4.78 is 174. The van der Waals surface area contributed by atoms with Gasteiger partial charge in [0.1, 0.15) is 0 Å². The maximum absolute atomic E-state index is 14.6. The summed E-state index contributed by atoms with van der Waals surface area (Å²) in [6.07, 6.45) is 0. The summed E-state index contributed by atoms with van der Waals surface area (Å²) in [6, 6.07) is 0. The Morgan fingerprint density at radius 1 is 0.575 bits per heavy atom. The van der Waals surface area contributed by atoms with Crippen LogP contribution in [-0.4, -0.2) is 39.5 Å². The van der Waals surface area contributed by atoms with Crippen molar-refractivity contribution in [2.24, 2.45) is 0 Å². The van der Waals surface area contributed by atoms with E-state index in [0.29, 0.717) is 0 Å². The van der Waals surface area contributed by atoms with Gasteiger partial charge in [0.15, 0.2) is 33.1 Å². The van der Waals surface area contributed by atoms with Crippen LogP contribution in [0.2, 0.25) is 0 Å². The van der Waals surface area contributed by atoms with Gasteiger partial charge in [0.05, 0.1) is 0 Å². The minimum atomic E-state index is -6.43.